The van der Waals surface area contributed by atoms with E-state index in [1.807, 2.05) is 25.2 Å². The van der Waals surface area contributed by atoms with Crippen molar-refractivity contribution in [1.29, 1.82) is 0 Å². The van der Waals surface area contributed by atoms with Crippen LogP contribution in [0.1, 0.15) is 44.1 Å². The molecule has 6 aliphatic rings. The summed E-state index contributed by atoms with van der Waals surface area (Å²) in [7, 11) is 1.82. The molecule has 6 saturated heterocycles. The van der Waals surface area contributed by atoms with Gasteiger partial charge < -0.3 is 34.6 Å². The molecule has 6 fully saturated rings. The van der Waals surface area contributed by atoms with E-state index in [4.69, 9.17) is 25.9 Å². The number of phenolic OH excluding ortho intramolecular Hbond substituents is 1. The highest BCUT2D eigenvalue weighted by molar-refractivity contribution is 6.09. The molecule has 0 radical (unpaired) electrons. The number of anilines is 3. The average Bonchev–Trinajstić information content (AvgIpc) is 4.10. The van der Waals surface area contributed by atoms with Gasteiger partial charge in [0, 0.05) is 112 Å². The van der Waals surface area contributed by atoms with Crippen LogP contribution < -0.4 is 30.1 Å². The SMILES string of the molecule is C#Cc1c(F)ccc2cc(O)cc(-c3ncc4c(N5C[C@H]6CC[C@@H](C5)N6)nc(OC[C@@]56CC[C@@H](COC(=O)N7CCN(c8ccc9c(N%10CCC(=O)NC%10=O)nn(C)c9c8)CC7)N5CC(=C)C6)nc4c3F)c12. The normalized spacial score (nSPS) is 23.4. The van der Waals surface area contributed by atoms with Gasteiger partial charge >= 0.3 is 18.1 Å². The molecule has 6 aliphatic heterocycles. The van der Waals surface area contributed by atoms with Crippen LogP contribution in [-0.4, -0.2) is 147 Å². The lowest BCUT2D eigenvalue weighted by Crippen LogP contribution is -2.51. The molecule has 0 unspecified atom stereocenters. The van der Waals surface area contributed by atoms with E-state index in [0.717, 1.165) is 47.8 Å². The predicted octanol–water partition coefficient (Wildman–Crippen LogP) is 5.58. The summed E-state index contributed by atoms with van der Waals surface area (Å²) in [5.74, 6) is 1.48. The van der Waals surface area contributed by atoms with Crippen LogP contribution in [-0.2, 0) is 16.6 Å². The van der Waals surface area contributed by atoms with Crippen molar-refractivity contribution in [3.63, 3.8) is 0 Å². The first kappa shape index (κ1) is 45.5. The number of rotatable bonds is 9. The van der Waals surface area contributed by atoms with Crippen molar-refractivity contribution < 1.29 is 37.7 Å². The Morgan fingerprint density at radius 3 is 2.57 bits per heavy atom. The third kappa shape index (κ3) is 7.82. The smallest absolute Gasteiger partial charge is 0.409 e. The molecule has 72 heavy (non-hydrogen) atoms. The Kier molecular flexibility index (Phi) is 11.1. The molecule has 20 heteroatoms. The van der Waals surface area contributed by atoms with Gasteiger partial charge in [-0.2, -0.15) is 15.1 Å². The molecule has 18 nitrogen and oxygen atoms in total. The number of nitrogens with one attached hydrogen (secondary N) is 2. The van der Waals surface area contributed by atoms with E-state index in [1.165, 1.54) is 35.4 Å². The summed E-state index contributed by atoms with van der Waals surface area (Å²) >= 11 is 0. The number of carbonyl (C=O) groups is 3. The number of nitrogens with zero attached hydrogens (tertiary/aromatic N) is 10. The molecule has 0 saturated carbocycles. The third-order valence-corrected chi connectivity index (χ3v) is 15.5. The fourth-order valence-corrected chi connectivity index (χ4v) is 12.0. The molecule has 0 spiro atoms. The highest BCUT2D eigenvalue weighted by Gasteiger charge is 2.52. The first-order valence-electron chi connectivity index (χ1n) is 24.4. The second-order valence-corrected chi connectivity index (χ2v) is 19.9. The summed E-state index contributed by atoms with van der Waals surface area (Å²) in [6.45, 7) is 9.00. The fourth-order valence-electron chi connectivity index (χ4n) is 12.0. The summed E-state index contributed by atoms with van der Waals surface area (Å²) in [4.78, 5) is 62.0. The van der Waals surface area contributed by atoms with Crippen LogP contribution in [0, 0.1) is 24.0 Å². The summed E-state index contributed by atoms with van der Waals surface area (Å²) < 4.78 is 46.7. The molecule has 3 aromatic carbocycles. The number of carbonyl (C=O) groups excluding carboxylic acids is 3. The number of piperazine rings is 2. The Labute approximate surface area is 412 Å². The number of terminal acetylenes is 1. The molecular formula is C52H52F2N12O6. The zero-order chi connectivity index (χ0) is 49.6. The van der Waals surface area contributed by atoms with Crippen LogP contribution in [0.5, 0.6) is 11.8 Å². The lowest BCUT2D eigenvalue weighted by atomic mass is 9.94. The van der Waals surface area contributed by atoms with Crippen LogP contribution in [0.3, 0.4) is 0 Å². The van der Waals surface area contributed by atoms with Crippen molar-refractivity contribution in [3.05, 3.63) is 78.0 Å². The molecule has 4 atom stereocenters. The van der Waals surface area contributed by atoms with Gasteiger partial charge in [0.25, 0.3) is 0 Å². The number of ether oxygens (including phenoxy) is 2. The Balaban J connectivity index is 0.744. The number of aromatic nitrogens is 5. The zero-order valence-corrected chi connectivity index (χ0v) is 39.7. The minimum Gasteiger partial charge on any atom is -0.508 e. The highest BCUT2D eigenvalue weighted by Crippen LogP contribution is 2.45. The highest BCUT2D eigenvalue weighted by atomic mass is 19.1. The number of hydrogen-bond acceptors (Lipinski definition) is 14. The van der Waals surface area contributed by atoms with E-state index in [2.05, 4.69) is 47.9 Å². The lowest BCUT2D eigenvalue weighted by Gasteiger charge is -2.36. The van der Waals surface area contributed by atoms with Gasteiger partial charge in [0.15, 0.2) is 11.6 Å². The lowest BCUT2D eigenvalue weighted by molar-refractivity contribution is -0.120. The van der Waals surface area contributed by atoms with Gasteiger partial charge in [0.1, 0.15) is 41.8 Å². The number of pyridine rings is 1. The molecule has 9 heterocycles. The van der Waals surface area contributed by atoms with Gasteiger partial charge in [-0.25, -0.2) is 18.4 Å². The maximum atomic E-state index is 17.3. The number of benzene rings is 3. The first-order chi connectivity index (χ1) is 34.8. The standard InChI is InChI=1S/C52H52F2N12O6/c1-4-36-40(53)10-5-30-19-35(67)21-38(43(30)36)45-44(54)46-39(23-55-45)47(64-25-31-6-7-32(26-64)56-31)59-49(58-46)72-28-52-13-11-34(66(52)24-29(2)22-52)27-71-51(70)63-17-15-62(16-18-63)33-8-9-37-41(20-33)61(3)60-48(37)65-14-12-42(68)57-50(65)69/h1,5,8-10,19-21,23,31-32,34,56,67H,2,6-7,11-18,22,24-28H2,3H3,(H,57,68,69)/t31-,32+,34-,52-/m0/s1. The van der Waals surface area contributed by atoms with Gasteiger partial charge in [-0.3, -0.25) is 29.6 Å². The monoisotopic (exact) mass is 978 g/mol. The topological polar surface area (TPSA) is 187 Å². The second kappa shape index (κ2) is 17.6. The maximum absolute atomic E-state index is 17.3. The number of hydrogen-bond donors (Lipinski definition) is 3. The summed E-state index contributed by atoms with van der Waals surface area (Å²) in [5.41, 5.74) is 2.22. The molecule has 3 aromatic heterocycles. The molecule has 2 bridgehead atoms. The second-order valence-electron chi connectivity index (χ2n) is 19.9. The summed E-state index contributed by atoms with van der Waals surface area (Å²) in [6, 6.07) is 11.3. The predicted molar refractivity (Wildman–Crippen MR) is 265 cm³/mol. The Bertz CT molecular complexity index is 3300. The van der Waals surface area contributed by atoms with E-state index in [0.29, 0.717) is 74.6 Å². The summed E-state index contributed by atoms with van der Waals surface area (Å²) in [6.07, 6.45) is 11.3. The van der Waals surface area contributed by atoms with E-state index < -0.39 is 23.2 Å². The van der Waals surface area contributed by atoms with Crippen LogP contribution in [0.25, 0.3) is 43.8 Å². The first-order valence-corrected chi connectivity index (χ1v) is 24.4. The number of halogens is 2. The number of aromatic hydroxyl groups is 1. The molecule has 370 valence electrons. The quantitative estimate of drug-likeness (QED) is 0.120. The van der Waals surface area contributed by atoms with Crippen molar-refractivity contribution >= 4 is 67.9 Å². The van der Waals surface area contributed by atoms with Gasteiger partial charge in [0.05, 0.1) is 22.0 Å². The zero-order valence-electron chi connectivity index (χ0n) is 39.7. The molecule has 6 aromatic rings. The largest absolute Gasteiger partial charge is 0.508 e. The van der Waals surface area contributed by atoms with E-state index in [1.54, 1.807) is 9.58 Å². The molecule has 4 amide bonds. The number of fused-ring (bicyclic) bond motifs is 6. The fraction of sp³-hybridized carbons (Fsp3) is 0.404. The van der Waals surface area contributed by atoms with Gasteiger partial charge in [-0.15, -0.1) is 6.42 Å². The van der Waals surface area contributed by atoms with Gasteiger partial charge in [-0.05, 0) is 73.9 Å². The Hall–Kier alpha value is -7.63. The molecule has 3 N–H and O–H groups in total. The molecular weight excluding hydrogens is 927 g/mol. The van der Waals surface area contributed by atoms with Crippen molar-refractivity contribution in [3.8, 4) is 35.4 Å². The van der Waals surface area contributed by atoms with Crippen molar-refractivity contribution in [2.75, 3.05) is 80.3 Å². The van der Waals surface area contributed by atoms with Gasteiger partial charge in [-0.1, -0.05) is 24.1 Å². The van der Waals surface area contributed by atoms with E-state index in [9.17, 15) is 19.5 Å². The molecule has 12 rings (SSSR count). The number of amides is 4. The van der Waals surface area contributed by atoms with Crippen LogP contribution in [0.4, 0.5) is 35.7 Å². The van der Waals surface area contributed by atoms with Crippen LogP contribution in [0.15, 0.2) is 60.8 Å². The summed E-state index contributed by atoms with van der Waals surface area (Å²) in [5, 5.41) is 23.2. The van der Waals surface area contributed by atoms with Gasteiger partial charge in [0.2, 0.25) is 5.91 Å². The van der Waals surface area contributed by atoms with Crippen LogP contribution >= 0.6 is 0 Å². The van der Waals surface area contributed by atoms with Crippen molar-refractivity contribution in [1.82, 2.24) is 45.2 Å². The third-order valence-electron chi connectivity index (χ3n) is 15.5. The van der Waals surface area contributed by atoms with Crippen molar-refractivity contribution in [2.24, 2.45) is 7.05 Å². The Morgan fingerprint density at radius 2 is 1.79 bits per heavy atom. The minimum absolute atomic E-state index is 0.00774. The minimum atomic E-state index is -0.789. The number of imide groups is 1. The number of phenols is 1. The average molecular weight is 979 g/mol. The Morgan fingerprint density at radius 1 is 0.986 bits per heavy atom. The maximum Gasteiger partial charge on any atom is 0.409 e. The van der Waals surface area contributed by atoms with Crippen molar-refractivity contribution in [2.45, 2.75) is 62.2 Å². The van der Waals surface area contributed by atoms with E-state index >= 15 is 8.78 Å². The van der Waals surface area contributed by atoms with Crippen LogP contribution in [0.2, 0.25) is 0 Å². The number of urea groups is 1. The number of aryl methyl sites for hydroxylation is 1. The molecule has 0 aliphatic carbocycles. The van der Waals surface area contributed by atoms with E-state index in [-0.39, 0.29) is 95.8 Å².